The number of ether oxygens (including phenoxy) is 1. The van der Waals surface area contributed by atoms with Gasteiger partial charge in [-0.25, -0.2) is 4.39 Å². The van der Waals surface area contributed by atoms with Crippen LogP contribution in [0.15, 0.2) is 48.5 Å². The van der Waals surface area contributed by atoms with E-state index in [9.17, 15) is 9.18 Å². The average Bonchev–Trinajstić information content (AvgIpc) is 2.58. The van der Waals surface area contributed by atoms with Crippen molar-refractivity contribution in [3.63, 3.8) is 0 Å². The molecule has 0 saturated carbocycles. The molecule has 0 bridgehead atoms. The van der Waals surface area contributed by atoms with Crippen molar-refractivity contribution in [3.8, 4) is 0 Å². The third-order valence-corrected chi connectivity index (χ3v) is 3.80. The second-order valence-corrected chi connectivity index (χ2v) is 5.55. The van der Waals surface area contributed by atoms with Gasteiger partial charge >= 0.3 is 0 Å². The summed E-state index contributed by atoms with van der Waals surface area (Å²) in [4.78, 5) is 14.6. The standard InChI is InChI=1S/C18H19FN2O2/c19-16-4-6-17(7-5-16)20-18(22)15-3-1-2-14(12-15)13-21-8-10-23-11-9-21/h1-7,12H,8-11,13H2,(H,20,22). The van der Waals surface area contributed by atoms with E-state index in [4.69, 9.17) is 4.74 Å². The van der Waals surface area contributed by atoms with E-state index in [-0.39, 0.29) is 11.7 Å². The molecule has 1 N–H and O–H groups in total. The first kappa shape index (κ1) is 15.6. The highest BCUT2D eigenvalue weighted by Crippen LogP contribution is 2.13. The highest BCUT2D eigenvalue weighted by atomic mass is 19.1. The van der Waals surface area contributed by atoms with Crippen molar-refractivity contribution in [1.82, 2.24) is 4.90 Å². The lowest BCUT2D eigenvalue weighted by Gasteiger charge is -2.26. The summed E-state index contributed by atoms with van der Waals surface area (Å²) in [7, 11) is 0. The molecule has 1 fully saturated rings. The van der Waals surface area contributed by atoms with Crippen molar-refractivity contribution < 1.29 is 13.9 Å². The zero-order valence-corrected chi connectivity index (χ0v) is 12.8. The van der Waals surface area contributed by atoms with E-state index in [0.29, 0.717) is 11.3 Å². The fourth-order valence-corrected chi connectivity index (χ4v) is 2.56. The molecule has 1 aliphatic heterocycles. The van der Waals surface area contributed by atoms with Crippen LogP contribution in [0.3, 0.4) is 0 Å². The van der Waals surface area contributed by atoms with E-state index >= 15 is 0 Å². The van der Waals surface area contributed by atoms with E-state index in [1.807, 2.05) is 18.2 Å². The van der Waals surface area contributed by atoms with Gasteiger partial charge in [-0.3, -0.25) is 9.69 Å². The Morgan fingerprint density at radius 3 is 2.61 bits per heavy atom. The van der Waals surface area contributed by atoms with Gasteiger partial charge in [-0.15, -0.1) is 0 Å². The van der Waals surface area contributed by atoms with Gasteiger partial charge in [0.1, 0.15) is 5.82 Å². The van der Waals surface area contributed by atoms with Crippen molar-refractivity contribution in [2.45, 2.75) is 6.54 Å². The second-order valence-electron chi connectivity index (χ2n) is 5.55. The maximum atomic E-state index is 12.9. The highest BCUT2D eigenvalue weighted by Gasteiger charge is 2.12. The van der Waals surface area contributed by atoms with Gasteiger partial charge < -0.3 is 10.1 Å². The monoisotopic (exact) mass is 314 g/mol. The van der Waals surface area contributed by atoms with E-state index in [2.05, 4.69) is 10.2 Å². The van der Waals surface area contributed by atoms with Gasteiger partial charge in [0.15, 0.2) is 0 Å². The normalized spacial score (nSPS) is 15.3. The number of carbonyl (C=O) groups excluding carboxylic acids is 1. The molecule has 120 valence electrons. The number of rotatable bonds is 4. The van der Waals surface area contributed by atoms with Crippen molar-refractivity contribution in [2.75, 3.05) is 31.6 Å². The number of hydrogen-bond acceptors (Lipinski definition) is 3. The summed E-state index contributed by atoms with van der Waals surface area (Å²) < 4.78 is 18.2. The lowest BCUT2D eigenvalue weighted by atomic mass is 10.1. The maximum Gasteiger partial charge on any atom is 0.255 e. The molecule has 2 aromatic rings. The molecular weight excluding hydrogens is 295 g/mol. The topological polar surface area (TPSA) is 41.6 Å². The lowest BCUT2D eigenvalue weighted by Crippen LogP contribution is -2.35. The van der Waals surface area contributed by atoms with Gasteiger partial charge in [0.25, 0.3) is 5.91 Å². The molecule has 23 heavy (non-hydrogen) atoms. The molecule has 0 aromatic heterocycles. The second kappa shape index (κ2) is 7.35. The van der Waals surface area contributed by atoms with Gasteiger partial charge in [0.2, 0.25) is 0 Å². The highest BCUT2D eigenvalue weighted by molar-refractivity contribution is 6.04. The molecule has 2 aromatic carbocycles. The minimum absolute atomic E-state index is 0.194. The summed E-state index contributed by atoms with van der Waals surface area (Å²) in [6.07, 6.45) is 0. The number of halogens is 1. The number of benzene rings is 2. The zero-order chi connectivity index (χ0) is 16.1. The van der Waals surface area contributed by atoms with Crippen molar-refractivity contribution in [1.29, 1.82) is 0 Å². The first-order valence-corrected chi connectivity index (χ1v) is 7.67. The Hall–Kier alpha value is -2.24. The molecule has 0 radical (unpaired) electrons. The molecule has 1 aliphatic rings. The number of amides is 1. The molecule has 0 aliphatic carbocycles. The van der Waals surface area contributed by atoms with E-state index < -0.39 is 0 Å². The van der Waals surface area contributed by atoms with Crippen LogP contribution in [0.4, 0.5) is 10.1 Å². The molecule has 4 nitrogen and oxygen atoms in total. The van der Waals surface area contributed by atoms with Crippen LogP contribution in [-0.4, -0.2) is 37.1 Å². The average molecular weight is 314 g/mol. The fourth-order valence-electron chi connectivity index (χ4n) is 2.56. The molecule has 1 heterocycles. The summed E-state index contributed by atoms with van der Waals surface area (Å²) in [5.41, 5.74) is 2.27. The van der Waals surface area contributed by atoms with E-state index in [1.165, 1.54) is 12.1 Å². The molecule has 3 rings (SSSR count). The SMILES string of the molecule is O=C(Nc1ccc(F)cc1)c1cccc(CN2CCOCC2)c1. The van der Waals surface area contributed by atoms with Crippen molar-refractivity contribution in [2.24, 2.45) is 0 Å². The summed E-state index contributed by atoms with van der Waals surface area (Å²) in [6, 6.07) is 13.3. The van der Waals surface area contributed by atoms with Crippen LogP contribution in [0.25, 0.3) is 0 Å². The zero-order valence-electron chi connectivity index (χ0n) is 12.8. The third-order valence-electron chi connectivity index (χ3n) is 3.80. The Labute approximate surface area is 134 Å². The first-order chi connectivity index (χ1) is 11.2. The first-order valence-electron chi connectivity index (χ1n) is 7.67. The van der Waals surface area contributed by atoms with Gasteiger partial charge in [0.05, 0.1) is 13.2 Å². The molecular formula is C18H19FN2O2. The Bertz CT molecular complexity index is 667. The van der Waals surface area contributed by atoms with Crippen LogP contribution >= 0.6 is 0 Å². The number of anilines is 1. The van der Waals surface area contributed by atoms with Gasteiger partial charge in [-0.05, 0) is 42.0 Å². The lowest BCUT2D eigenvalue weighted by molar-refractivity contribution is 0.0342. The van der Waals surface area contributed by atoms with Gasteiger partial charge in [-0.2, -0.15) is 0 Å². The quantitative estimate of drug-likeness (QED) is 0.943. The number of morpholine rings is 1. The molecule has 1 saturated heterocycles. The number of carbonyl (C=O) groups is 1. The maximum absolute atomic E-state index is 12.9. The van der Waals surface area contributed by atoms with Crippen LogP contribution in [0.2, 0.25) is 0 Å². The number of hydrogen-bond donors (Lipinski definition) is 1. The minimum atomic E-state index is -0.324. The van der Waals surface area contributed by atoms with Gasteiger partial charge in [-0.1, -0.05) is 12.1 Å². The number of nitrogens with zero attached hydrogens (tertiary/aromatic N) is 1. The summed E-state index contributed by atoms with van der Waals surface area (Å²) >= 11 is 0. The third kappa shape index (κ3) is 4.37. The van der Waals surface area contributed by atoms with Crippen LogP contribution in [0.5, 0.6) is 0 Å². The predicted molar refractivity (Wildman–Crippen MR) is 86.9 cm³/mol. The smallest absolute Gasteiger partial charge is 0.255 e. The van der Waals surface area contributed by atoms with Crippen molar-refractivity contribution >= 4 is 11.6 Å². The predicted octanol–water partition coefficient (Wildman–Crippen LogP) is 2.91. The Balaban J connectivity index is 1.66. The molecule has 0 unspecified atom stereocenters. The largest absolute Gasteiger partial charge is 0.379 e. The summed E-state index contributed by atoms with van der Waals surface area (Å²) in [5, 5.41) is 2.78. The Morgan fingerprint density at radius 1 is 1.13 bits per heavy atom. The van der Waals surface area contributed by atoms with Crippen molar-refractivity contribution in [3.05, 3.63) is 65.5 Å². The van der Waals surface area contributed by atoms with Crippen LogP contribution in [-0.2, 0) is 11.3 Å². The van der Waals surface area contributed by atoms with Gasteiger partial charge in [0, 0.05) is 30.9 Å². The molecule has 0 atom stereocenters. The van der Waals surface area contributed by atoms with Crippen LogP contribution in [0.1, 0.15) is 15.9 Å². The molecule has 0 spiro atoms. The van der Waals surface area contributed by atoms with E-state index in [1.54, 1.807) is 18.2 Å². The van der Waals surface area contributed by atoms with Crippen LogP contribution in [0, 0.1) is 5.82 Å². The fraction of sp³-hybridized carbons (Fsp3) is 0.278. The summed E-state index contributed by atoms with van der Waals surface area (Å²) in [5.74, 6) is -0.518. The van der Waals surface area contributed by atoms with E-state index in [0.717, 1.165) is 38.4 Å². The minimum Gasteiger partial charge on any atom is -0.379 e. The molecule has 5 heteroatoms. The molecule has 1 amide bonds. The Kier molecular flexibility index (Phi) is 5.00. The Morgan fingerprint density at radius 2 is 1.87 bits per heavy atom. The number of nitrogens with one attached hydrogen (secondary N) is 1. The summed E-state index contributed by atoms with van der Waals surface area (Å²) in [6.45, 7) is 4.13. The van der Waals surface area contributed by atoms with Crippen LogP contribution < -0.4 is 5.32 Å².